The van der Waals surface area contributed by atoms with Crippen LogP contribution in [0.5, 0.6) is 5.75 Å². The fourth-order valence-electron chi connectivity index (χ4n) is 2.71. The molecule has 0 radical (unpaired) electrons. The standard InChI is InChI=1S/C16H20N2OS/c1-11-9-14(18-12-5-4-8-20-10-12)13-6-3-7-15(19-2)16(13)17-11/h3,6-7,9,12H,4-5,8,10H2,1-2H3,(H,17,18). The number of hydrogen-bond acceptors (Lipinski definition) is 4. The number of anilines is 1. The van der Waals surface area contributed by atoms with E-state index >= 15 is 0 Å². The summed E-state index contributed by atoms with van der Waals surface area (Å²) in [6.07, 6.45) is 2.55. The van der Waals surface area contributed by atoms with Crippen molar-refractivity contribution in [2.24, 2.45) is 0 Å². The summed E-state index contributed by atoms with van der Waals surface area (Å²) >= 11 is 2.04. The minimum Gasteiger partial charge on any atom is -0.494 e. The predicted molar refractivity (Wildman–Crippen MR) is 87.0 cm³/mol. The molecule has 1 aliphatic heterocycles. The number of fused-ring (bicyclic) bond motifs is 1. The number of benzene rings is 1. The van der Waals surface area contributed by atoms with E-state index in [1.807, 2.05) is 30.8 Å². The highest BCUT2D eigenvalue weighted by Gasteiger charge is 2.15. The Morgan fingerprint density at radius 1 is 1.40 bits per heavy atom. The zero-order valence-electron chi connectivity index (χ0n) is 12.0. The Bertz CT molecular complexity index is 609. The van der Waals surface area contributed by atoms with Crippen molar-refractivity contribution in [3.05, 3.63) is 30.0 Å². The number of aromatic nitrogens is 1. The van der Waals surface area contributed by atoms with Crippen LogP contribution in [-0.4, -0.2) is 29.6 Å². The van der Waals surface area contributed by atoms with E-state index in [1.54, 1.807) is 7.11 Å². The Morgan fingerprint density at radius 2 is 2.30 bits per heavy atom. The van der Waals surface area contributed by atoms with Gasteiger partial charge in [-0.3, -0.25) is 0 Å². The van der Waals surface area contributed by atoms with Crippen LogP contribution in [0, 0.1) is 6.92 Å². The van der Waals surface area contributed by atoms with Crippen LogP contribution in [-0.2, 0) is 0 Å². The van der Waals surface area contributed by atoms with Gasteiger partial charge < -0.3 is 10.1 Å². The van der Waals surface area contributed by atoms with Gasteiger partial charge in [-0.1, -0.05) is 12.1 Å². The van der Waals surface area contributed by atoms with Crippen LogP contribution in [0.25, 0.3) is 10.9 Å². The Kier molecular flexibility index (Phi) is 4.01. The fourth-order valence-corrected chi connectivity index (χ4v) is 3.78. The van der Waals surface area contributed by atoms with E-state index < -0.39 is 0 Å². The minimum absolute atomic E-state index is 0.560. The number of aryl methyl sites for hydroxylation is 1. The van der Waals surface area contributed by atoms with E-state index in [2.05, 4.69) is 22.4 Å². The van der Waals surface area contributed by atoms with Gasteiger partial charge in [-0.15, -0.1) is 0 Å². The van der Waals surface area contributed by atoms with Crippen molar-refractivity contribution in [2.45, 2.75) is 25.8 Å². The molecule has 2 aromatic rings. The van der Waals surface area contributed by atoms with Gasteiger partial charge in [0.15, 0.2) is 0 Å². The van der Waals surface area contributed by atoms with Crippen LogP contribution in [0.1, 0.15) is 18.5 Å². The molecular weight excluding hydrogens is 268 g/mol. The maximum atomic E-state index is 5.43. The average Bonchev–Trinajstić information content (AvgIpc) is 2.47. The summed E-state index contributed by atoms with van der Waals surface area (Å²) in [4.78, 5) is 4.63. The number of nitrogens with one attached hydrogen (secondary N) is 1. The van der Waals surface area contributed by atoms with Crippen LogP contribution >= 0.6 is 11.8 Å². The molecule has 0 aliphatic carbocycles. The molecule has 2 heterocycles. The van der Waals surface area contributed by atoms with Crippen molar-refractivity contribution in [1.29, 1.82) is 0 Å². The lowest BCUT2D eigenvalue weighted by atomic mass is 10.1. The molecular formula is C16H20N2OS. The van der Waals surface area contributed by atoms with Crippen molar-refractivity contribution in [1.82, 2.24) is 4.98 Å². The monoisotopic (exact) mass is 288 g/mol. The molecule has 106 valence electrons. The van der Waals surface area contributed by atoms with Gasteiger partial charge in [0.1, 0.15) is 11.3 Å². The smallest absolute Gasteiger partial charge is 0.145 e. The largest absolute Gasteiger partial charge is 0.494 e. The molecule has 0 bridgehead atoms. The number of methoxy groups -OCH3 is 1. The molecule has 20 heavy (non-hydrogen) atoms. The predicted octanol–water partition coefficient (Wildman–Crippen LogP) is 3.86. The number of rotatable bonds is 3. The highest BCUT2D eigenvalue weighted by atomic mass is 32.2. The lowest BCUT2D eigenvalue weighted by Crippen LogP contribution is -2.25. The summed E-state index contributed by atoms with van der Waals surface area (Å²) in [6.45, 7) is 2.03. The van der Waals surface area contributed by atoms with Crippen LogP contribution in [0.3, 0.4) is 0 Å². The molecule has 1 aromatic heterocycles. The molecule has 0 spiro atoms. The summed E-state index contributed by atoms with van der Waals surface area (Å²) in [5.74, 6) is 3.32. The van der Waals surface area contributed by atoms with E-state index in [9.17, 15) is 0 Å². The molecule has 1 atom stereocenters. The molecule has 1 fully saturated rings. The number of ether oxygens (including phenoxy) is 1. The second kappa shape index (κ2) is 5.92. The lowest BCUT2D eigenvalue weighted by molar-refractivity contribution is 0.419. The van der Waals surface area contributed by atoms with E-state index in [4.69, 9.17) is 4.74 Å². The van der Waals surface area contributed by atoms with Gasteiger partial charge in [-0.25, -0.2) is 4.98 Å². The number of pyridine rings is 1. The van der Waals surface area contributed by atoms with Crippen molar-refractivity contribution >= 4 is 28.4 Å². The summed E-state index contributed by atoms with van der Waals surface area (Å²) in [6, 6.07) is 8.81. The molecule has 1 saturated heterocycles. The number of thioether (sulfide) groups is 1. The summed E-state index contributed by atoms with van der Waals surface area (Å²) < 4.78 is 5.43. The third kappa shape index (κ3) is 2.70. The maximum absolute atomic E-state index is 5.43. The van der Waals surface area contributed by atoms with E-state index in [-0.39, 0.29) is 0 Å². The van der Waals surface area contributed by atoms with Crippen LogP contribution in [0.2, 0.25) is 0 Å². The van der Waals surface area contributed by atoms with Crippen LogP contribution in [0.15, 0.2) is 24.3 Å². The van der Waals surface area contributed by atoms with Crippen molar-refractivity contribution in [3.63, 3.8) is 0 Å². The lowest BCUT2D eigenvalue weighted by Gasteiger charge is -2.24. The zero-order valence-corrected chi connectivity index (χ0v) is 12.8. The summed E-state index contributed by atoms with van der Waals surface area (Å²) in [7, 11) is 1.70. The number of hydrogen-bond donors (Lipinski definition) is 1. The molecule has 0 saturated carbocycles. The summed E-state index contributed by atoms with van der Waals surface area (Å²) in [5, 5.41) is 4.84. The second-order valence-electron chi connectivity index (χ2n) is 5.23. The zero-order chi connectivity index (χ0) is 13.9. The molecule has 1 aromatic carbocycles. The van der Waals surface area contributed by atoms with Gasteiger partial charge in [0, 0.05) is 28.6 Å². The first-order valence-electron chi connectivity index (χ1n) is 7.06. The maximum Gasteiger partial charge on any atom is 0.145 e. The minimum atomic E-state index is 0.560. The topological polar surface area (TPSA) is 34.1 Å². The highest BCUT2D eigenvalue weighted by molar-refractivity contribution is 7.99. The van der Waals surface area contributed by atoms with Gasteiger partial charge in [0.2, 0.25) is 0 Å². The molecule has 3 nitrogen and oxygen atoms in total. The van der Waals surface area contributed by atoms with E-state index in [0.29, 0.717) is 6.04 Å². The Morgan fingerprint density at radius 3 is 3.05 bits per heavy atom. The van der Waals surface area contributed by atoms with Crippen LogP contribution < -0.4 is 10.1 Å². The normalized spacial score (nSPS) is 19.0. The van der Waals surface area contributed by atoms with Crippen LogP contribution in [0.4, 0.5) is 5.69 Å². The molecule has 4 heteroatoms. The number of nitrogens with zero attached hydrogens (tertiary/aromatic N) is 1. The van der Waals surface area contributed by atoms with Crippen molar-refractivity contribution in [2.75, 3.05) is 23.9 Å². The van der Waals surface area contributed by atoms with Crippen molar-refractivity contribution in [3.8, 4) is 5.75 Å². The highest BCUT2D eigenvalue weighted by Crippen LogP contribution is 2.31. The van der Waals surface area contributed by atoms with E-state index in [0.717, 1.165) is 22.3 Å². The molecule has 0 amide bonds. The van der Waals surface area contributed by atoms with Gasteiger partial charge in [-0.2, -0.15) is 11.8 Å². The molecule has 3 rings (SSSR count). The first-order chi connectivity index (χ1) is 9.78. The van der Waals surface area contributed by atoms with Crippen molar-refractivity contribution < 1.29 is 4.74 Å². The van der Waals surface area contributed by atoms with Gasteiger partial charge in [0.25, 0.3) is 0 Å². The number of para-hydroxylation sites is 1. The third-order valence-electron chi connectivity index (χ3n) is 3.67. The Hall–Kier alpha value is -1.42. The van der Waals surface area contributed by atoms with Gasteiger partial charge in [-0.05, 0) is 37.7 Å². The van der Waals surface area contributed by atoms with Gasteiger partial charge in [0.05, 0.1) is 7.11 Å². The first kappa shape index (κ1) is 13.6. The fraction of sp³-hybridized carbons (Fsp3) is 0.438. The third-order valence-corrected chi connectivity index (χ3v) is 4.89. The quantitative estimate of drug-likeness (QED) is 0.930. The van der Waals surface area contributed by atoms with Gasteiger partial charge >= 0.3 is 0 Å². The average molecular weight is 288 g/mol. The van der Waals surface area contributed by atoms with E-state index in [1.165, 1.54) is 30.0 Å². The second-order valence-corrected chi connectivity index (χ2v) is 6.38. The summed E-state index contributed by atoms with van der Waals surface area (Å²) in [5.41, 5.74) is 3.15. The molecule has 1 N–H and O–H groups in total. The Labute approximate surface area is 124 Å². The first-order valence-corrected chi connectivity index (χ1v) is 8.22. The molecule has 1 unspecified atom stereocenters. The SMILES string of the molecule is COc1cccc2c(NC3CCCSC3)cc(C)nc12. The Balaban J connectivity index is 2.00. The molecule has 1 aliphatic rings.